The van der Waals surface area contributed by atoms with Gasteiger partial charge in [-0.1, -0.05) is 13.0 Å². The van der Waals surface area contributed by atoms with E-state index in [1.807, 2.05) is 12.1 Å². The molecule has 0 saturated heterocycles. The van der Waals surface area contributed by atoms with E-state index in [2.05, 4.69) is 32.0 Å². The van der Waals surface area contributed by atoms with Gasteiger partial charge in [0.2, 0.25) is 0 Å². The van der Waals surface area contributed by atoms with Crippen molar-refractivity contribution < 1.29 is 0 Å². The Morgan fingerprint density at radius 2 is 1.88 bits per heavy atom. The van der Waals surface area contributed by atoms with Gasteiger partial charge >= 0.3 is 0 Å². The van der Waals surface area contributed by atoms with Crippen molar-refractivity contribution in [3.05, 3.63) is 23.8 Å². The molecule has 1 aromatic carbocycles. The molecule has 0 aliphatic rings. The van der Waals surface area contributed by atoms with Crippen molar-refractivity contribution in [1.82, 2.24) is 4.90 Å². The summed E-state index contributed by atoms with van der Waals surface area (Å²) in [4.78, 5) is 2.22. The van der Waals surface area contributed by atoms with Crippen LogP contribution in [0.2, 0.25) is 0 Å². The molecule has 90 valence electrons. The molecule has 1 atom stereocenters. The van der Waals surface area contributed by atoms with Crippen LogP contribution in [0.4, 0.5) is 11.4 Å². The second-order valence-corrected chi connectivity index (χ2v) is 4.86. The Hall–Kier alpha value is -1.22. The Labute approximate surface area is 98.4 Å². The predicted octanol–water partition coefficient (Wildman–Crippen LogP) is 1.98. The summed E-state index contributed by atoms with van der Waals surface area (Å²) in [6.45, 7) is 3.40. The van der Waals surface area contributed by atoms with E-state index >= 15 is 0 Å². The zero-order chi connectivity index (χ0) is 12.1. The van der Waals surface area contributed by atoms with E-state index < -0.39 is 0 Å². The molecule has 16 heavy (non-hydrogen) atoms. The molecule has 1 rings (SSSR count). The smallest absolute Gasteiger partial charge is 0.0550 e. The minimum Gasteiger partial charge on any atom is -0.397 e. The van der Waals surface area contributed by atoms with Crippen LogP contribution in [0.15, 0.2) is 18.2 Å². The number of anilines is 2. The molecule has 0 saturated carbocycles. The zero-order valence-electron chi connectivity index (χ0n) is 10.5. The molecule has 4 N–H and O–H groups in total. The topological polar surface area (TPSA) is 55.3 Å². The number of rotatable bonds is 5. The van der Waals surface area contributed by atoms with Gasteiger partial charge in [-0.15, -0.1) is 0 Å². The number of hydrogen-bond donors (Lipinski definition) is 2. The van der Waals surface area contributed by atoms with Crippen LogP contribution >= 0.6 is 0 Å². The molecular weight excluding hydrogens is 198 g/mol. The van der Waals surface area contributed by atoms with Gasteiger partial charge in [0, 0.05) is 0 Å². The Morgan fingerprint density at radius 3 is 2.44 bits per heavy atom. The van der Waals surface area contributed by atoms with Crippen LogP contribution in [0.3, 0.4) is 0 Å². The fourth-order valence-corrected chi connectivity index (χ4v) is 1.73. The van der Waals surface area contributed by atoms with E-state index in [9.17, 15) is 0 Å². The summed E-state index contributed by atoms with van der Waals surface area (Å²) in [5, 5.41) is 0. The number of nitrogen functional groups attached to an aromatic ring is 2. The van der Waals surface area contributed by atoms with Crippen molar-refractivity contribution in [3.8, 4) is 0 Å². The van der Waals surface area contributed by atoms with E-state index in [0.29, 0.717) is 17.3 Å². The molecule has 1 aromatic rings. The van der Waals surface area contributed by atoms with Crippen molar-refractivity contribution in [1.29, 1.82) is 0 Å². The van der Waals surface area contributed by atoms with Gasteiger partial charge in [-0.25, -0.2) is 0 Å². The summed E-state index contributed by atoms with van der Waals surface area (Å²) in [7, 11) is 4.21. The maximum atomic E-state index is 5.79. The van der Waals surface area contributed by atoms with Crippen LogP contribution in [0.25, 0.3) is 0 Å². The molecule has 0 aromatic heterocycles. The van der Waals surface area contributed by atoms with E-state index in [4.69, 9.17) is 11.5 Å². The van der Waals surface area contributed by atoms with Gasteiger partial charge in [-0.3, -0.25) is 0 Å². The summed E-state index contributed by atoms with van der Waals surface area (Å²) in [6, 6.07) is 5.95. The standard InChI is InChI=1S/C13H23N3/c1-10(6-7-16(2)3)8-11-4-5-12(14)13(15)9-11/h4-5,9-10H,6-8,14-15H2,1-3H3. The fraction of sp³-hybridized carbons (Fsp3) is 0.538. The summed E-state index contributed by atoms with van der Waals surface area (Å²) in [6.07, 6.45) is 2.27. The molecule has 0 spiro atoms. The van der Waals surface area contributed by atoms with Crippen LogP contribution in [0.1, 0.15) is 18.9 Å². The molecule has 0 radical (unpaired) electrons. The SMILES string of the molecule is CC(CCN(C)C)Cc1ccc(N)c(N)c1. The highest BCUT2D eigenvalue weighted by Gasteiger charge is 2.05. The highest BCUT2D eigenvalue weighted by molar-refractivity contribution is 5.63. The van der Waals surface area contributed by atoms with Crippen LogP contribution in [0.5, 0.6) is 0 Å². The second-order valence-electron chi connectivity index (χ2n) is 4.86. The fourth-order valence-electron chi connectivity index (χ4n) is 1.73. The largest absolute Gasteiger partial charge is 0.397 e. The molecule has 0 bridgehead atoms. The van der Waals surface area contributed by atoms with E-state index in [1.54, 1.807) is 0 Å². The van der Waals surface area contributed by atoms with Gasteiger partial charge in [-0.05, 0) is 57.1 Å². The lowest BCUT2D eigenvalue weighted by Crippen LogP contribution is -2.16. The average molecular weight is 221 g/mol. The third kappa shape index (κ3) is 4.11. The van der Waals surface area contributed by atoms with Crippen LogP contribution in [-0.2, 0) is 6.42 Å². The highest BCUT2D eigenvalue weighted by atomic mass is 15.0. The van der Waals surface area contributed by atoms with Gasteiger partial charge in [0.05, 0.1) is 11.4 Å². The van der Waals surface area contributed by atoms with Crippen molar-refractivity contribution in [2.45, 2.75) is 19.8 Å². The predicted molar refractivity (Wildman–Crippen MR) is 71.3 cm³/mol. The van der Waals surface area contributed by atoms with Crippen molar-refractivity contribution in [3.63, 3.8) is 0 Å². The quantitative estimate of drug-likeness (QED) is 0.748. The lowest BCUT2D eigenvalue weighted by atomic mass is 9.97. The van der Waals surface area contributed by atoms with Crippen molar-refractivity contribution in [2.24, 2.45) is 5.92 Å². The molecule has 0 aliphatic carbocycles. The van der Waals surface area contributed by atoms with Gasteiger partial charge in [-0.2, -0.15) is 0 Å². The maximum Gasteiger partial charge on any atom is 0.0550 e. The third-order valence-electron chi connectivity index (χ3n) is 2.80. The number of hydrogen-bond acceptors (Lipinski definition) is 3. The Balaban J connectivity index is 2.49. The zero-order valence-corrected chi connectivity index (χ0v) is 10.5. The van der Waals surface area contributed by atoms with Crippen LogP contribution in [-0.4, -0.2) is 25.5 Å². The van der Waals surface area contributed by atoms with Crippen LogP contribution < -0.4 is 11.5 Å². The molecule has 3 nitrogen and oxygen atoms in total. The maximum absolute atomic E-state index is 5.79. The van der Waals surface area contributed by atoms with Crippen molar-refractivity contribution >= 4 is 11.4 Å². The first-order valence-electron chi connectivity index (χ1n) is 5.77. The minimum absolute atomic E-state index is 0.671. The van der Waals surface area contributed by atoms with Gasteiger partial charge in [0.1, 0.15) is 0 Å². The summed E-state index contributed by atoms with van der Waals surface area (Å²) in [5.41, 5.74) is 14.1. The van der Waals surface area contributed by atoms with Gasteiger partial charge in [0.25, 0.3) is 0 Å². The first-order chi connectivity index (χ1) is 7.49. The molecular formula is C13H23N3. The second kappa shape index (κ2) is 5.75. The number of benzene rings is 1. The Kier molecular flexibility index (Phi) is 4.62. The first kappa shape index (κ1) is 12.8. The lowest BCUT2D eigenvalue weighted by molar-refractivity contribution is 0.359. The summed E-state index contributed by atoms with van der Waals surface area (Å²) in [5.74, 6) is 0.672. The first-order valence-corrected chi connectivity index (χ1v) is 5.77. The normalized spacial score (nSPS) is 13.0. The molecule has 1 unspecified atom stereocenters. The van der Waals surface area contributed by atoms with Gasteiger partial charge < -0.3 is 16.4 Å². The van der Waals surface area contributed by atoms with E-state index in [1.165, 1.54) is 12.0 Å². The monoisotopic (exact) mass is 221 g/mol. The van der Waals surface area contributed by atoms with Crippen molar-refractivity contribution in [2.75, 3.05) is 32.1 Å². The highest BCUT2D eigenvalue weighted by Crippen LogP contribution is 2.19. The molecule has 0 fully saturated rings. The van der Waals surface area contributed by atoms with E-state index in [-0.39, 0.29) is 0 Å². The molecule has 0 heterocycles. The van der Waals surface area contributed by atoms with Gasteiger partial charge in [0.15, 0.2) is 0 Å². The Bertz CT molecular complexity index is 334. The third-order valence-corrected chi connectivity index (χ3v) is 2.80. The Morgan fingerprint density at radius 1 is 1.19 bits per heavy atom. The molecule has 3 heteroatoms. The molecule has 0 amide bonds. The van der Waals surface area contributed by atoms with Crippen LogP contribution in [0, 0.1) is 5.92 Å². The summed E-state index contributed by atoms with van der Waals surface area (Å²) < 4.78 is 0. The lowest BCUT2D eigenvalue weighted by Gasteiger charge is -2.15. The minimum atomic E-state index is 0.671. The molecule has 0 aliphatic heterocycles. The van der Waals surface area contributed by atoms with E-state index in [0.717, 1.165) is 13.0 Å². The average Bonchev–Trinajstić information content (AvgIpc) is 2.21. The summed E-state index contributed by atoms with van der Waals surface area (Å²) >= 11 is 0. The number of nitrogens with zero attached hydrogens (tertiary/aromatic N) is 1. The number of nitrogens with two attached hydrogens (primary N) is 2.